The maximum atomic E-state index is 13.6. The van der Waals surface area contributed by atoms with Crippen molar-refractivity contribution in [3.63, 3.8) is 0 Å². The third-order valence-corrected chi connectivity index (χ3v) is 5.87. The van der Waals surface area contributed by atoms with Gasteiger partial charge in [-0.05, 0) is 28.8 Å². The second-order valence-electron chi connectivity index (χ2n) is 8.06. The largest absolute Gasteiger partial charge is 0.461 e. The van der Waals surface area contributed by atoms with Crippen LogP contribution in [0.3, 0.4) is 0 Å². The highest BCUT2D eigenvalue weighted by atomic mass is 16.5. The molecular formula is C30H24O3. The fourth-order valence-electron chi connectivity index (χ4n) is 4.30. The average Bonchev–Trinajstić information content (AvgIpc) is 2.88. The second-order valence-corrected chi connectivity index (χ2v) is 8.06. The maximum absolute atomic E-state index is 13.6. The number of para-hydroxylation sites is 1. The Morgan fingerprint density at radius 3 is 2.09 bits per heavy atom. The van der Waals surface area contributed by atoms with E-state index in [9.17, 15) is 4.79 Å². The summed E-state index contributed by atoms with van der Waals surface area (Å²) in [5.41, 5.74) is 3.83. The molecule has 3 nitrogen and oxygen atoms in total. The summed E-state index contributed by atoms with van der Waals surface area (Å²) >= 11 is 0. The minimum absolute atomic E-state index is 0.235. The van der Waals surface area contributed by atoms with E-state index in [0.717, 1.165) is 28.0 Å². The summed E-state index contributed by atoms with van der Waals surface area (Å²) in [4.78, 5) is 13.6. The number of hydrogen-bond acceptors (Lipinski definition) is 3. The standard InChI is InChI=1S/C30H24O3/c31-30(32-21-23-14-6-2-7-15-23)29-25-18-10-11-19-26(25)33-27(20-22-12-4-1-5-13-22)28(29)24-16-8-3-9-17-24/h1-20,28-29H,21H2/b27-20-/t28-,29-/m1/s1. The zero-order chi connectivity index (χ0) is 22.5. The molecule has 3 heteroatoms. The summed E-state index contributed by atoms with van der Waals surface area (Å²) in [6.45, 7) is 0.235. The van der Waals surface area contributed by atoms with Crippen molar-refractivity contribution in [1.29, 1.82) is 0 Å². The van der Waals surface area contributed by atoms with Gasteiger partial charge < -0.3 is 9.47 Å². The van der Waals surface area contributed by atoms with E-state index >= 15 is 0 Å². The van der Waals surface area contributed by atoms with E-state index in [1.807, 2.05) is 121 Å². The molecular weight excluding hydrogens is 408 g/mol. The maximum Gasteiger partial charge on any atom is 0.314 e. The van der Waals surface area contributed by atoms with Gasteiger partial charge in [0.1, 0.15) is 18.1 Å². The predicted molar refractivity (Wildman–Crippen MR) is 130 cm³/mol. The van der Waals surface area contributed by atoms with Crippen LogP contribution in [0.5, 0.6) is 5.75 Å². The molecule has 5 rings (SSSR count). The lowest BCUT2D eigenvalue weighted by Crippen LogP contribution is -2.29. The third-order valence-electron chi connectivity index (χ3n) is 5.87. The summed E-state index contributed by atoms with van der Waals surface area (Å²) in [6, 6.07) is 37.5. The van der Waals surface area contributed by atoms with Gasteiger partial charge in [0.2, 0.25) is 0 Å². The summed E-state index contributed by atoms with van der Waals surface area (Å²) in [6.07, 6.45) is 2.02. The van der Waals surface area contributed by atoms with Crippen molar-refractivity contribution in [2.24, 2.45) is 0 Å². The Morgan fingerprint density at radius 1 is 0.758 bits per heavy atom. The van der Waals surface area contributed by atoms with Crippen LogP contribution >= 0.6 is 0 Å². The molecule has 0 N–H and O–H groups in total. The lowest BCUT2D eigenvalue weighted by molar-refractivity contribution is -0.147. The molecule has 0 radical (unpaired) electrons. The smallest absolute Gasteiger partial charge is 0.314 e. The number of allylic oxidation sites excluding steroid dienone is 1. The molecule has 0 saturated heterocycles. The van der Waals surface area contributed by atoms with Gasteiger partial charge in [-0.2, -0.15) is 0 Å². The van der Waals surface area contributed by atoms with Crippen LogP contribution < -0.4 is 4.74 Å². The van der Waals surface area contributed by atoms with E-state index in [-0.39, 0.29) is 18.5 Å². The first-order valence-electron chi connectivity index (χ1n) is 11.1. The van der Waals surface area contributed by atoms with Crippen LogP contribution in [0, 0.1) is 0 Å². The Hall–Kier alpha value is -4.11. The molecule has 0 unspecified atom stereocenters. The highest BCUT2D eigenvalue weighted by molar-refractivity contribution is 5.83. The summed E-state index contributed by atoms with van der Waals surface area (Å²) in [5.74, 6) is 0.337. The van der Waals surface area contributed by atoms with Crippen LogP contribution in [0.4, 0.5) is 0 Å². The number of hydrogen-bond donors (Lipinski definition) is 0. The van der Waals surface area contributed by atoms with Gasteiger partial charge >= 0.3 is 5.97 Å². The minimum atomic E-state index is -0.518. The quantitative estimate of drug-likeness (QED) is 0.328. The molecule has 33 heavy (non-hydrogen) atoms. The predicted octanol–water partition coefficient (Wildman–Crippen LogP) is 6.73. The minimum Gasteiger partial charge on any atom is -0.461 e. The summed E-state index contributed by atoms with van der Waals surface area (Å²) < 4.78 is 12.3. The number of ether oxygens (including phenoxy) is 2. The Kier molecular flexibility index (Phi) is 6.03. The molecule has 1 aliphatic heterocycles. The number of carbonyl (C=O) groups is 1. The van der Waals surface area contributed by atoms with Crippen LogP contribution in [0.1, 0.15) is 34.1 Å². The Morgan fingerprint density at radius 2 is 1.36 bits per heavy atom. The monoisotopic (exact) mass is 432 g/mol. The summed E-state index contributed by atoms with van der Waals surface area (Å²) in [5, 5.41) is 0. The second kappa shape index (κ2) is 9.58. The Labute approximate surface area is 193 Å². The van der Waals surface area contributed by atoms with E-state index in [1.54, 1.807) is 0 Å². The van der Waals surface area contributed by atoms with Gasteiger partial charge in [-0.25, -0.2) is 0 Å². The molecule has 0 saturated carbocycles. The molecule has 0 spiro atoms. The Bertz CT molecular complexity index is 1250. The Balaban J connectivity index is 1.58. The van der Waals surface area contributed by atoms with Crippen LogP contribution in [-0.2, 0) is 16.1 Å². The molecule has 0 bridgehead atoms. The van der Waals surface area contributed by atoms with Crippen LogP contribution in [0.2, 0.25) is 0 Å². The number of fused-ring (bicyclic) bond motifs is 1. The molecule has 2 atom stereocenters. The van der Waals surface area contributed by atoms with Crippen molar-refractivity contribution in [1.82, 2.24) is 0 Å². The summed E-state index contributed by atoms with van der Waals surface area (Å²) in [7, 11) is 0. The number of rotatable bonds is 5. The van der Waals surface area contributed by atoms with Crippen LogP contribution in [0.25, 0.3) is 6.08 Å². The molecule has 4 aromatic carbocycles. The van der Waals surface area contributed by atoms with Gasteiger partial charge in [-0.3, -0.25) is 4.79 Å². The van der Waals surface area contributed by atoms with Gasteiger partial charge in [0, 0.05) is 5.56 Å². The topological polar surface area (TPSA) is 35.5 Å². The zero-order valence-corrected chi connectivity index (χ0v) is 18.1. The van der Waals surface area contributed by atoms with Crippen molar-refractivity contribution in [2.45, 2.75) is 18.4 Å². The molecule has 0 fully saturated rings. The highest BCUT2D eigenvalue weighted by Crippen LogP contribution is 2.48. The molecule has 0 aliphatic carbocycles. The van der Waals surface area contributed by atoms with Crippen molar-refractivity contribution >= 4 is 12.0 Å². The van der Waals surface area contributed by atoms with Gasteiger partial charge in [-0.15, -0.1) is 0 Å². The van der Waals surface area contributed by atoms with Crippen molar-refractivity contribution in [3.8, 4) is 5.75 Å². The number of carbonyl (C=O) groups excluding carboxylic acids is 1. The lowest BCUT2D eigenvalue weighted by atomic mass is 9.77. The van der Waals surface area contributed by atoms with Crippen molar-refractivity contribution in [2.75, 3.05) is 0 Å². The average molecular weight is 433 g/mol. The molecule has 0 aromatic heterocycles. The first kappa shape index (κ1) is 20.8. The number of benzene rings is 4. The van der Waals surface area contributed by atoms with Gasteiger partial charge in [0.05, 0.1) is 11.8 Å². The van der Waals surface area contributed by atoms with Crippen molar-refractivity contribution in [3.05, 3.63) is 143 Å². The molecule has 0 amide bonds. The fourth-order valence-corrected chi connectivity index (χ4v) is 4.30. The first-order chi connectivity index (χ1) is 16.3. The van der Waals surface area contributed by atoms with E-state index in [1.165, 1.54) is 0 Å². The van der Waals surface area contributed by atoms with Crippen LogP contribution in [0.15, 0.2) is 121 Å². The van der Waals surface area contributed by atoms with Gasteiger partial charge in [0.15, 0.2) is 0 Å². The normalized spacial score (nSPS) is 18.2. The van der Waals surface area contributed by atoms with Crippen molar-refractivity contribution < 1.29 is 14.3 Å². The third kappa shape index (κ3) is 4.58. The fraction of sp³-hybridized carbons (Fsp3) is 0.100. The molecule has 4 aromatic rings. The first-order valence-corrected chi connectivity index (χ1v) is 11.1. The van der Waals surface area contributed by atoms with Gasteiger partial charge in [0.25, 0.3) is 0 Å². The molecule has 162 valence electrons. The van der Waals surface area contributed by atoms with Gasteiger partial charge in [-0.1, -0.05) is 109 Å². The van der Waals surface area contributed by atoms with E-state index in [2.05, 4.69) is 0 Å². The highest BCUT2D eigenvalue weighted by Gasteiger charge is 2.41. The zero-order valence-electron chi connectivity index (χ0n) is 18.1. The lowest BCUT2D eigenvalue weighted by Gasteiger charge is -2.34. The van der Waals surface area contributed by atoms with E-state index in [0.29, 0.717) is 5.75 Å². The molecule has 1 aliphatic rings. The van der Waals surface area contributed by atoms with E-state index < -0.39 is 5.92 Å². The number of esters is 1. The SMILES string of the molecule is O=C(OCc1ccccc1)[C@@H]1c2ccccc2O/C(=C\c2ccccc2)[C@H]1c1ccccc1. The van der Waals surface area contributed by atoms with E-state index in [4.69, 9.17) is 9.47 Å². The van der Waals surface area contributed by atoms with Crippen LogP contribution in [-0.4, -0.2) is 5.97 Å². The molecule has 1 heterocycles.